The Morgan fingerprint density at radius 2 is 1.62 bits per heavy atom. The van der Waals surface area contributed by atoms with Gasteiger partial charge in [0.15, 0.2) is 0 Å². The molecule has 1 aliphatic rings. The van der Waals surface area contributed by atoms with Crippen LogP contribution in [0, 0.1) is 5.92 Å². The first kappa shape index (κ1) is 12.4. The zero-order valence-corrected chi connectivity index (χ0v) is 12.6. The van der Waals surface area contributed by atoms with E-state index in [1.54, 1.807) is 0 Å². The molecule has 0 amide bonds. The molecule has 0 radical (unpaired) electrons. The van der Waals surface area contributed by atoms with Gasteiger partial charge in [-0.1, -0.05) is 13.0 Å². The standard InChI is InChI=1S/C13H17Br2N/c1-9-5-7-10(8-6-9)16-13-11(14)3-2-4-12(13)15/h2-4,9-10,16H,5-8H2,1H3. The molecule has 1 aromatic carbocycles. The fraction of sp³-hybridized carbons (Fsp3) is 0.538. The van der Waals surface area contributed by atoms with E-state index in [1.807, 2.05) is 6.07 Å². The molecule has 1 N–H and O–H groups in total. The monoisotopic (exact) mass is 345 g/mol. The van der Waals surface area contributed by atoms with Crippen LogP contribution in [0.4, 0.5) is 5.69 Å². The van der Waals surface area contributed by atoms with Crippen molar-refractivity contribution in [1.29, 1.82) is 0 Å². The highest BCUT2D eigenvalue weighted by molar-refractivity contribution is 9.11. The smallest absolute Gasteiger partial charge is 0.0631 e. The Morgan fingerprint density at radius 3 is 2.19 bits per heavy atom. The second-order valence-corrected chi connectivity index (χ2v) is 6.41. The van der Waals surface area contributed by atoms with Gasteiger partial charge in [0.2, 0.25) is 0 Å². The van der Waals surface area contributed by atoms with E-state index in [-0.39, 0.29) is 0 Å². The van der Waals surface area contributed by atoms with Gasteiger partial charge in [-0.3, -0.25) is 0 Å². The number of rotatable bonds is 2. The molecule has 1 aliphatic carbocycles. The minimum atomic E-state index is 0.631. The van der Waals surface area contributed by atoms with Crippen molar-refractivity contribution in [3.8, 4) is 0 Å². The number of anilines is 1. The molecule has 0 spiro atoms. The van der Waals surface area contributed by atoms with Crippen molar-refractivity contribution in [2.45, 2.75) is 38.6 Å². The van der Waals surface area contributed by atoms with Gasteiger partial charge in [0, 0.05) is 15.0 Å². The topological polar surface area (TPSA) is 12.0 Å². The predicted molar refractivity (Wildman–Crippen MR) is 76.9 cm³/mol. The van der Waals surface area contributed by atoms with E-state index in [4.69, 9.17) is 0 Å². The molecular formula is C13H17Br2N. The molecule has 3 heteroatoms. The van der Waals surface area contributed by atoms with E-state index in [0.717, 1.165) is 14.9 Å². The lowest BCUT2D eigenvalue weighted by atomic mass is 9.87. The highest BCUT2D eigenvalue weighted by atomic mass is 79.9. The second kappa shape index (κ2) is 5.54. The fourth-order valence-corrected chi connectivity index (χ4v) is 3.47. The molecule has 1 saturated carbocycles. The number of halogens is 2. The first-order valence-electron chi connectivity index (χ1n) is 5.87. The van der Waals surface area contributed by atoms with Gasteiger partial charge in [0.25, 0.3) is 0 Å². The molecule has 0 unspecified atom stereocenters. The van der Waals surface area contributed by atoms with Crippen LogP contribution in [0.25, 0.3) is 0 Å². The van der Waals surface area contributed by atoms with Gasteiger partial charge in [-0.15, -0.1) is 0 Å². The van der Waals surface area contributed by atoms with Crippen LogP contribution >= 0.6 is 31.9 Å². The summed E-state index contributed by atoms with van der Waals surface area (Å²) >= 11 is 7.19. The van der Waals surface area contributed by atoms with E-state index in [0.29, 0.717) is 6.04 Å². The summed E-state index contributed by atoms with van der Waals surface area (Å²) in [6.45, 7) is 2.35. The maximum absolute atomic E-state index is 3.64. The third kappa shape index (κ3) is 3.01. The molecule has 0 aliphatic heterocycles. The zero-order valence-electron chi connectivity index (χ0n) is 9.47. The highest BCUT2D eigenvalue weighted by Crippen LogP contribution is 2.33. The summed E-state index contributed by atoms with van der Waals surface area (Å²) in [5, 5.41) is 3.64. The average molecular weight is 347 g/mol. The van der Waals surface area contributed by atoms with Gasteiger partial charge >= 0.3 is 0 Å². The summed E-state index contributed by atoms with van der Waals surface area (Å²) < 4.78 is 2.28. The van der Waals surface area contributed by atoms with E-state index in [2.05, 4.69) is 56.2 Å². The first-order chi connectivity index (χ1) is 7.66. The summed E-state index contributed by atoms with van der Waals surface area (Å²) in [7, 11) is 0. The number of nitrogens with one attached hydrogen (secondary N) is 1. The Bertz CT molecular complexity index is 337. The maximum atomic E-state index is 3.64. The van der Waals surface area contributed by atoms with Gasteiger partial charge < -0.3 is 5.32 Å². The molecule has 0 bridgehead atoms. The molecule has 88 valence electrons. The lowest BCUT2D eigenvalue weighted by Gasteiger charge is -2.28. The normalized spacial score (nSPS) is 25.4. The van der Waals surface area contributed by atoms with Gasteiger partial charge in [0.1, 0.15) is 0 Å². The Hall–Kier alpha value is -0.0200. The summed E-state index contributed by atoms with van der Waals surface area (Å²) in [4.78, 5) is 0. The predicted octanol–water partition coefficient (Wildman–Crippen LogP) is 5.20. The Balaban J connectivity index is 2.04. The molecule has 1 aromatic rings. The fourth-order valence-electron chi connectivity index (χ4n) is 2.24. The van der Waals surface area contributed by atoms with Crippen LogP contribution in [0.2, 0.25) is 0 Å². The van der Waals surface area contributed by atoms with E-state index in [1.165, 1.54) is 31.4 Å². The maximum Gasteiger partial charge on any atom is 0.0631 e. The molecule has 0 aromatic heterocycles. The largest absolute Gasteiger partial charge is 0.380 e. The SMILES string of the molecule is CC1CCC(Nc2c(Br)cccc2Br)CC1. The molecule has 0 atom stereocenters. The van der Waals surface area contributed by atoms with Crippen molar-refractivity contribution in [1.82, 2.24) is 0 Å². The van der Waals surface area contributed by atoms with Gasteiger partial charge in [-0.2, -0.15) is 0 Å². The summed E-state index contributed by atoms with van der Waals surface area (Å²) in [6, 6.07) is 6.84. The Kier molecular flexibility index (Phi) is 4.31. The zero-order chi connectivity index (χ0) is 11.5. The summed E-state index contributed by atoms with van der Waals surface area (Å²) in [5.41, 5.74) is 1.20. The molecule has 0 saturated heterocycles. The van der Waals surface area contributed by atoms with Crippen LogP contribution in [0.15, 0.2) is 27.1 Å². The molecule has 0 heterocycles. The lowest BCUT2D eigenvalue weighted by Crippen LogP contribution is -2.25. The quantitative estimate of drug-likeness (QED) is 0.775. The van der Waals surface area contributed by atoms with Gasteiger partial charge in [-0.25, -0.2) is 0 Å². The van der Waals surface area contributed by atoms with Crippen LogP contribution in [0.1, 0.15) is 32.6 Å². The third-order valence-corrected chi connectivity index (χ3v) is 4.65. The Morgan fingerprint density at radius 1 is 1.06 bits per heavy atom. The Labute approximate surface area is 114 Å². The number of hydrogen-bond acceptors (Lipinski definition) is 1. The second-order valence-electron chi connectivity index (χ2n) is 4.70. The summed E-state index contributed by atoms with van der Waals surface area (Å²) in [6.07, 6.45) is 5.27. The van der Waals surface area contributed by atoms with Crippen LogP contribution in [0.3, 0.4) is 0 Å². The van der Waals surface area contributed by atoms with Crippen LogP contribution in [-0.2, 0) is 0 Å². The minimum absolute atomic E-state index is 0.631. The van der Waals surface area contributed by atoms with Crippen molar-refractivity contribution >= 4 is 37.5 Å². The van der Waals surface area contributed by atoms with Crippen molar-refractivity contribution in [3.05, 3.63) is 27.1 Å². The van der Waals surface area contributed by atoms with E-state index in [9.17, 15) is 0 Å². The van der Waals surface area contributed by atoms with E-state index >= 15 is 0 Å². The summed E-state index contributed by atoms with van der Waals surface area (Å²) in [5.74, 6) is 0.903. The van der Waals surface area contributed by atoms with Gasteiger partial charge in [-0.05, 0) is 75.6 Å². The van der Waals surface area contributed by atoms with Crippen molar-refractivity contribution in [2.75, 3.05) is 5.32 Å². The number of benzene rings is 1. The molecular weight excluding hydrogens is 330 g/mol. The van der Waals surface area contributed by atoms with Crippen molar-refractivity contribution in [2.24, 2.45) is 5.92 Å². The third-order valence-electron chi connectivity index (χ3n) is 3.33. The van der Waals surface area contributed by atoms with Crippen LogP contribution < -0.4 is 5.32 Å². The lowest BCUT2D eigenvalue weighted by molar-refractivity contribution is 0.361. The van der Waals surface area contributed by atoms with E-state index < -0.39 is 0 Å². The minimum Gasteiger partial charge on any atom is -0.380 e. The van der Waals surface area contributed by atoms with Crippen LogP contribution in [-0.4, -0.2) is 6.04 Å². The van der Waals surface area contributed by atoms with Crippen LogP contribution in [0.5, 0.6) is 0 Å². The highest BCUT2D eigenvalue weighted by Gasteiger charge is 2.19. The number of para-hydroxylation sites is 1. The van der Waals surface area contributed by atoms with Crippen molar-refractivity contribution < 1.29 is 0 Å². The average Bonchev–Trinajstić information content (AvgIpc) is 2.26. The molecule has 16 heavy (non-hydrogen) atoms. The first-order valence-corrected chi connectivity index (χ1v) is 7.46. The molecule has 1 nitrogen and oxygen atoms in total. The molecule has 2 rings (SSSR count). The van der Waals surface area contributed by atoms with Gasteiger partial charge in [0.05, 0.1) is 5.69 Å². The number of hydrogen-bond donors (Lipinski definition) is 1. The van der Waals surface area contributed by atoms with Crippen molar-refractivity contribution in [3.63, 3.8) is 0 Å². The molecule has 1 fully saturated rings.